The Labute approximate surface area is 98.6 Å². The number of ether oxygens (including phenoxy) is 1. The topological polar surface area (TPSA) is 49.8 Å². The molecule has 4 nitrogen and oxygen atoms in total. The van der Waals surface area contributed by atoms with E-state index in [-0.39, 0.29) is 5.56 Å². The molecule has 0 spiro atoms. The average molecular weight is 239 g/mol. The molecule has 0 radical (unpaired) electrons. The van der Waals surface area contributed by atoms with Crippen LogP contribution < -0.4 is 4.90 Å². The van der Waals surface area contributed by atoms with Gasteiger partial charge in [-0.15, -0.1) is 0 Å². The SMILES string of the molecule is O=C(O)c1cc(F)cc(N2CCCOCC2)c1. The highest BCUT2D eigenvalue weighted by Gasteiger charge is 2.14. The fraction of sp³-hybridized carbons (Fsp3) is 0.417. The third-order valence-electron chi connectivity index (χ3n) is 2.72. The molecule has 1 fully saturated rings. The summed E-state index contributed by atoms with van der Waals surface area (Å²) in [6, 6.07) is 3.88. The second kappa shape index (κ2) is 5.14. The summed E-state index contributed by atoms with van der Waals surface area (Å²) >= 11 is 0. The van der Waals surface area contributed by atoms with Crippen LogP contribution in [0.3, 0.4) is 0 Å². The first kappa shape index (κ1) is 11.9. The monoisotopic (exact) mass is 239 g/mol. The lowest BCUT2D eigenvalue weighted by Crippen LogP contribution is -2.26. The van der Waals surface area contributed by atoms with Crippen molar-refractivity contribution >= 4 is 11.7 Å². The van der Waals surface area contributed by atoms with Crippen molar-refractivity contribution in [2.75, 3.05) is 31.2 Å². The van der Waals surface area contributed by atoms with Crippen LogP contribution in [0.4, 0.5) is 10.1 Å². The van der Waals surface area contributed by atoms with E-state index in [1.54, 1.807) is 0 Å². The first-order chi connectivity index (χ1) is 8.16. The van der Waals surface area contributed by atoms with Crippen molar-refractivity contribution in [3.8, 4) is 0 Å². The zero-order valence-corrected chi connectivity index (χ0v) is 9.36. The molecule has 5 heteroatoms. The van der Waals surface area contributed by atoms with Crippen LogP contribution >= 0.6 is 0 Å². The largest absolute Gasteiger partial charge is 0.478 e. The van der Waals surface area contributed by atoms with Crippen molar-refractivity contribution in [1.29, 1.82) is 0 Å². The lowest BCUT2D eigenvalue weighted by Gasteiger charge is -2.22. The Hall–Kier alpha value is -1.62. The summed E-state index contributed by atoms with van der Waals surface area (Å²) in [5.41, 5.74) is 0.582. The maximum Gasteiger partial charge on any atom is 0.335 e. The van der Waals surface area contributed by atoms with E-state index in [9.17, 15) is 9.18 Å². The molecule has 0 atom stereocenters. The predicted molar refractivity (Wildman–Crippen MR) is 61.0 cm³/mol. The quantitative estimate of drug-likeness (QED) is 0.854. The van der Waals surface area contributed by atoms with E-state index in [0.29, 0.717) is 25.4 Å². The van der Waals surface area contributed by atoms with Crippen LogP contribution in [0.1, 0.15) is 16.8 Å². The standard InChI is InChI=1S/C12H14FNO3/c13-10-6-9(12(15)16)7-11(8-10)14-2-1-4-17-5-3-14/h6-8H,1-5H2,(H,15,16). The molecule has 1 N–H and O–H groups in total. The first-order valence-corrected chi connectivity index (χ1v) is 5.53. The van der Waals surface area contributed by atoms with Gasteiger partial charge < -0.3 is 14.7 Å². The van der Waals surface area contributed by atoms with Gasteiger partial charge in [-0.25, -0.2) is 9.18 Å². The van der Waals surface area contributed by atoms with Crippen molar-refractivity contribution in [3.63, 3.8) is 0 Å². The van der Waals surface area contributed by atoms with Gasteiger partial charge in [0.1, 0.15) is 5.82 Å². The van der Waals surface area contributed by atoms with E-state index in [4.69, 9.17) is 9.84 Å². The molecule has 0 aromatic heterocycles. The van der Waals surface area contributed by atoms with Gasteiger partial charge in [0.05, 0.1) is 12.2 Å². The Morgan fingerprint density at radius 1 is 1.29 bits per heavy atom. The van der Waals surface area contributed by atoms with Crippen LogP contribution in [0, 0.1) is 5.82 Å². The Morgan fingerprint density at radius 2 is 2.12 bits per heavy atom. The molecular weight excluding hydrogens is 225 g/mol. The van der Waals surface area contributed by atoms with Gasteiger partial charge in [-0.1, -0.05) is 0 Å². The van der Waals surface area contributed by atoms with E-state index >= 15 is 0 Å². The number of carboxylic acids is 1. The fourth-order valence-corrected chi connectivity index (χ4v) is 1.88. The van der Waals surface area contributed by atoms with Gasteiger partial charge in [0.25, 0.3) is 0 Å². The summed E-state index contributed by atoms with van der Waals surface area (Å²) in [6.45, 7) is 2.68. The molecule has 1 heterocycles. The number of carboxylic acid groups (broad SMARTS) is 1. The zero-order chi connectivity index (χ0) is 12.3. The highest BCUT2D eigenvalue weighted by Crippen LogP contribution is 2.20. The molecule has 92 valence electrons. The number of hydrogen-bond acceptors (Lipinski definition) is 3. The Morgan fingerprint density at radius 3 is 2.88 bits per heavy atom. The Balaban J connectivity index is 2.27. The van der Waals surface area contributed by atoms with Gasteiger partial charge >= 0.3 is 5.97 Å². The number of anilines is 1. The fourth-order valence-electron chi connectivity index (χ4n) is 1.88. The second-order valence-electron chi connectivity index (χ2n) is 3.96. The minimum atomic E-state index is -1.11. The summed E-state index contributed by atoms with van der Waals surface area (Å²) in [7, 11) is 0. The molecule has 17 heavy (non-hydrogen) atoms. The average Bonchev–Trinajstić information content (AvgIpc) is 2.56. The summed E-state index contributed by atoms with van der Waals surface area (Å²) in [4.78, 5) is 12.8. The van der Waals surface area contributed by atoms with Crippen LogP contribution in [-0.2, 0) is 4.74 Å². The summed E-state index contributed by atoms with van der Waals surface area (Å²) in [5.74, 6) is -1.64. The van der Waals surface area contributed by atoms with Crippen molar-refractivity contribution < 1.29 is 19.0 Å². The first-order valence-electron chi connectivity index (χ1n) is 5.53. The minimum Gasteiger partial charge on any atom is -0.478 e. The smallest absolute Gasteiger partial charge is 0.335 e. The minimum absolute atomic E-state index is 0.0230. The number of benzene rings is 1. The molecule has 1 aliphatic heterocycles. The Bertz CT molecular complexity index is 414. The number of halogens is 1. The van der Waals surface area contributed by atoms with Crippen LogP contribution in [0.15, 0.2) is 18.2 Å². The van der Waals surface area contributed by atoms with Crippen LogP contribution in [0.25, 0.3) is 0 Å². The van der Waals surface area contributed by atoms with E-state index in [0.717, 1.165) is 19.0 Å². The maximum absolute atomic E-state index is 13.3. The molecule has 1 aliphatic rings. The van der Waals surface area contributed by atoms with Crippen LogP contribution in [-0.4, -0.2) is 37.4 Å². The molecule has 0 amide bonds. The highest BCUT2D eigenvalue weighted by molar-refractivity contribution is 5.88. The molecular formula is C12H14FNO3. The van der Waals surface area contributed by atoms with Gasteiger partial charge in [-0.2, -0.15) is 0 Å². The lowest BCUT2D eigenvalue weighted by atomic mass is 10.1. The molecule has 0 saturated carbocycles. The number of hydrogen-bond donors (Lipinski definition) is 1. The van der Waals surface area contributed by atoms with Crippen molar-refractivity contribution in [3.05, 3.63) is 29.6 Å². The van der Waals surface area contributed by atoms with Gasteiger partial charge in [-0.05, 0) is 24.6 Å². The maximum atomic E-state index is 13.3. The van der Waals surface area contributed by atoms with Crippen LogP contribution in [0.2, 0.25) is 0 Å². The number of aromatic carboxylic acids is 1. The molecule has 1 aromatic carbocycles. The van der Waals surface area contributed by atoms with E-state index in [1.807, 2.05) is 4.90 Å². The second-order valence-corrected chi connectivity index (χ2v) is 3.96. The Kier molecular flexibility index (Phi) is 3.58. The number of nitrogens with zero attached hydrogens (tertiary/aromatic N) is 1. The van der Waals surface area contributed by atoms with Gasteiger partial charge in [0.15, 0.2) is 0 Å². The third-order valence-corrected chi connectivity index (χ3v) is 2.72. The van der Waals surface area contributed by atoms with Crippen LogP contribution in [0.5, 0.6) is 0 Å². The van der Waals surface area contributed by atoms with Gasteiger partial charge in [0.2, 0.25) is 0 Å². The molecule has 0 bridgehead atoms. The van der Waals surface area contributed by atoms with Crippen molar-refractivity contribution in [2.24, 2.45) is 0 Å². The van der Waals surface area contributed by atoms with Gasteiger partial charge in [-0.3, -0.25) is 0 Å². The summed E-state index contributed by atoms with van der Waals surface area (Å²) in [5, 5.41) is 8.88. The molecule has 0 aliphatic carbocycles. The number of rotatable bonds is 2. The summed E-state index contributed by atoms with van der Waals surface area (Å²) < 4.78 is 18.6. The predicted octanol–water partition coefficient (Wildman–Crippen LogP) is 1.75. The summed E-state index contributed by atoms with van der Waals surface area (Å²) in [6.07, 6.45) is 0.860. The van der Waals surface area contributed by atoms with Crippen molar-refractivity contribution in [2.45, 2.75) is 6.42 Å². The third kappa shape index (κ3) is 2.94. The molecule has 2 rings (SSSR count). The van der Waals surface area contributed by atoms with Gasteiger partial charge in [0, 0.05) is 25.4 Å². The van der Waals surface area contributed by atoms with E-state index in [1.165, 1.54) is 12.1 Å². The number of carbonyl (C=O) groups is 1. The molecule has 1 saturated heterocycles. The molecule has 1 aromatic rings. The highest BCUT2D eigenvalue weighted by atomic mass is 19.1. The van der Waals surface area contributed by atoms with Crippen molar-refractivity contribution in [1.82, 2.24) is 0 Å². The zero-order valence-electron chi connectivity index (χ0n) is 9.36. The van der Waals surface area contributed by atoms with E-state index < -0.39 is 11.8 Å². The van der Waals surface area contributed by atoms with E-state index in [2.05, 4.69) is 0 Å². The molecule has 0 unspecified atom stereocenters. The normalized spacial score (nSPS) is 16.6. The lowest BCUT2D eigenvalue weighted by molar-refractivity contribution is 0.0696.